The van der Waals surface area contributed by atoms with Gasteiger partial charge in [-0.2, -0.15) is 0 Å². The van der Waals surface area contributed by atoms with Crippen LogP contribution in [0.15, 0.2) is 49.2 Å². The molecule has 92 valence electrons. The minimum absolute atomic E-state index is 0.184. The van der Waals surface area contributed by atoms with Crippen molar-refractivity contribution in [3.63, 3.8) is 0 Å². The zero-order valence-corrected chi connectivity index (χ0v) is 10.4. The first-order valence-corrected chi connectivity index (χ1v) is 6.31. The van der Waals surface area contributed by atoms with Gasteiger partial charge in [-0.05, 0) is 31.4 Å². The summed E-state index contributed by atoms with van der Waals surface area (Å²) in [6.07, 6.45) is 7.12. The number of carbonyl (C=O) groups excluding carboxylic acids is 1. The highest BCUT2D eigenvalue weighted by Crippen LogP contribution is 2.18. The maximum Gasteiger partial charge on any atom is 0.165 e. The van der Waals surface area contributed by atoms with Gasteiger partial charge in [0, 0.05) is 23.6 Å². The number of nitrogens with zero attached hydrogens (tertiary/aromatic N) is 1. The van der Waals surface area contributed by atoms with E-state index in [9.17, 15) is 4.79 Å². The number of carbonyl (C=O) groups is 1. The van der Waals surface area contributed by atoms with Gasteiger partial charge in [0.2, 0.25) is 0 Å². The molecule has 0 atom stereocenters. The van der Waals surface area contributed by atoms with E-state index in [0.717, 1.165) is 35.7 Å². The molecule has 2 aromatic rings. The van der Waals surface area contributed by atoms with Crippen molar-refractivity contribution in [3.05, 3.63) is 54.7 Å². The summed E-state index contributed by atoms with van der Waals surface area (Å²) in [5.41, 5.74) is 1.56. The molecule has 0 aliphatic heterocycles. The van der Waals surface area contributed by atoms with Crippen LogP contribution in [0, 0.1) is 0 Å². The first kappa shape index (κ1) is 12.5. The molecule has 18 heavy (non-hydrogen) atoms. The Morgan fingerprint density at radius 3 is 2.89 bits per heavy atom. The Morgan fingerprint density at radius 1 is 1.22 bits per heavy atom. The van der Waals surface area contributed by atoms with Crippen LogP contribution in [0.3, 0.4) is 0 Å². The van der Waals surface area contributed by atoms with Crippen molar-refractivity contribution in [2.45, 2.75) is 25.7 Å². The summed E-state index contributed by atoms with van der Waals surface area (Å²) >= 11 is 0. The Bertz CT molecular complexity index is 555. The van der Waals surface area contributed by atoms with Crippen molar-refractivity contribution in [1.29, 1.82) is 0 Å². The fourth-order valence-corrected chi connectivity index (χ4v) is 2.04. The van der Waals surface area contributed by atoms with Crippen LogP contribution in [0.2, 0.25) is 0 Å². The number of hydrogen-bond donors (Lipinski definition) is 0. The normalized spacial score (nSPS) is 10.4. The number of rotatable bonds is 6. The molecular weight excluding hydrogens is 222 g/mol. The number of fused-ring (bicyclic) bond motifs is 1. The third-order valence-electron chi connectivity index (χ3n) is 3.00. The van der Waals surface area contributed by atoms with E-state index in [1.54, 1.807) is 6.20 Å². The average molecular weight is 239 g/mol. The molecular formula is C16H17NO. The third-order valence-corrected chi connectivity index (χ3v) is 3.00. The maximum absolute atomic E-state index is 12.2. The first-order chi connectivity index (χ1) is 8.83. The fraction of sp³-hybridized carbons (Fsp3) is 0.250. The summed E-state index contributed by atoms with van der Waals surface area (Å²) in [5, 5.41) is 1.02. The summed E-state index contributed by atoms with van der Waals surface area (Å²) < 4.78 is 0. The number of ketones is 1. The highest BCUT2D eigenvalue weighted by atomic mass is 16.1. The van der Waals surface area contributed by atoms with Gasteiger partial charge < -0.3 is 0 Å². The molecule has 0 unspecified atom stereocenters. The number of aromatic nitrogens is 1. The van der Waals surface area contributed by atoms with E-state index in [4.69, 9.17) is 0 Å². The molecule has 0 N–H and O–H groups in total. The van der Waals surface area contributed by atoms with E-state index in [-0.39, 0.29) is 5.78 Å². The first-order valence-electron chi connectivity index (χ1n) is 6.31. The van der Waals surface area contributed by atoms with Crippen molar-refractivity contribution < 1.29 is 4.79 Å². The van der Waals surface area contributed by atoms with Gasteiger partial charge in [-0.3, -0.25) is 9.78 Å². The lowest BCUT2D eigenvalue weighted by Gasteiger charge is -2.04. The SMILES string of the molecule is C=CCCCCC(=O)c1cccc2cccnc12. The van der Waals surface area contributed by atoms with Gasteiger partial charge in [-0.25, -0.2) is 0 Å². The zero-order chi connectivity index (χ0) is 12.8. The van der Waals surface area contributed by atoms with E-state index in [1.807, 2.05) is 36.4 Å². The number of benzene rings is 1. The van der Waals surface area contributed by atoms with E-state index in [1.165, 1.54) is 0 Å². The van der Waals surface area contributed by atoms with Crippen LogP contribution >= 0.6 is 0 Å². The van der Waals surface area contributed by atoms with E-state index >= 15 is 0 Å². The van der Waals surface area contributed by atoms with Crippen LogP contribution in [-0.4, -0.2) is 10.8 Å². The van der Waals surface area contributed by atoms with Crippen molar-refractivity contribution in [1.82, 2.24) is 4.98 Å². The lowest BCUT2D eigenvalue weighted by Crippen LogP contribution is -2.00. The van der Waals surface area contributed by atoms with Crippen LogP contribution < -0.4 is 0 Å². The average Bonchev–Trinajstić information content (AvgIpc) is 2.43. The highest BCUT2D eigenvalue weighted by Gasteiger charge is 2.09. The van der Waals surface area contributed by atoms with Crippen molar-refractivity contribution in [3.8, 4) is 0 Å². The molecule has 1 aromatic carbocycles. The molecule has 2 heteroatoms. The second-order valence-corrected chi connectivity index (χ2v) is 4.34. The van der Waals surface area contributed by atoms with Gasteiger partial charge in [-0.15, -0.1) is 6.58 Å². The molecule has 0 spiro atoms. The summed E-state index contributed by atoms with van der Waals surface area (Å²) in [7, 11) is 0. The fourth-order valence-electron chi connectivity index (χ4n) is 2.04. The number of unbranched alkanes of at least 4 members (excludes halogenated alkanes) is 2. The smallest absolute Gasteiger partial charge is 0.165 e. The minimum Gasteiger partial charge on any atom is -0.294 e. The molecule has 2 rings (SSSR count). The monoisotopic (exact) mass is 239 g/mol. The zero-order valence-electron chi connectivity index (χ0n) is 10.4. The summed E-state index contributed by atoms with van der Waals surface area (Å²) in [6, 6.07) is 9.64. The summed E-state index contributed by atoms with van der Waals surface area (Å²) in [6.45, 7) is 3.68. The topological polar surface area (TPSA) is 30.0 Å². The van der Waals surface area contributed by atoms with Gasteiger partial charge >= 0.3 is 0 Å². The lowest BCUT2D eigenvalue weighted by atomic mass is 10.0. The van der Waals surface area contributed by atoms with Gasteiger partial charge in [0.25, 0.3) is 0 Å². The molecule has 0 aliphatic rings. The molecule has 0 amide bonds. The van der Waals surface area contributed by atoms with Crippen LogP contribution in [0.4, 0.5) is 0 Å². The Labute approximate surface area is 107 Å². The molecule has 0 aliphatic carbocycles. The van der Waals surface area contributed by atoms with Crippen molar-refractivity contribution in [2.75, 3.05) is 0 Å². The molecule has 0 saturated carbocycles. The predicted octanol–water partition coefficient (Wildman–Crippen LogP) is 4.16. The van der Waals surface area contributed by atoms with Gasteiger partial charge in [-0.1, -0.05) is 24.3 Å². The Hall–Kier alpha value is -1.96. The molecule has 0 saturated heterocycles. The third kappa shape index (κ3) is 2.83. The number of Topliss-reactive ketones (excluding diaryl/α,β-unsaturated/α-hetero) is 1. The van der Waals surface area contributed by atoms with Gasteiger partial charge in [0.15, 0.2) is 5.78 Å². The molecule has 0 radical (unpaired) electrons. The van der Waals surface area contributed by atoms with E-state index in [2.05, 4.69) is 11.6 Å². The Kier molecular flexibility index (Phi) is 4.24. The molecule has 0 bridgehead atoms. The maximum atomic E-state index is 12.2. The van der Waals surface area contributed by atoms with Crippen LogP contribution in [-0.2, 0) is 0 Å². The molecule has 1 heterocycles. The lowest BCUT2D eigenvalue weighted by molar-refractivity contribution is 0.0981. The Morgan fingerprint density at radius 2 is 2.06 bits per heavy atom. The Balaban J connectivity index is 2.15. The molecule has 1 aromatic heterocycles. The number of hydrogen-bond acceptors (Lipinski definition) is 2. The van der Waals surface area contributed by atoms with Crippen molar-refractivity contribution >= 4 is 16.7 Å². The largest absolute Gasteiger partial charge is 0.294 e. The summed E-state index contributed by atoms with van der Waals surface area (Å²) in [4.78, 5) is 16.5. The van der Waals surface area contributed by atoms with Crippen LogP contribution in [0.25, 0.3) is 10.9 Å². The van der Waals surface area contributed by atoms with Gasteiger partial charge in [0.1, 0.15) is 0 Å². The number of para-hydroxylation sites is 1. The quantitative estimate of drug-likeness (QED) is 0.430. The molecule has 2 nitrogen and oxygen atoms in total. The van der Waals surface area contributed by atoms with E-state index < -0.39 is 0 Å². The second kappa shape index (κ2) is 6.10. The second-order valence-electron chi connectivity index (χ2n) is 4.34. The van der Waals surface area contributed by atoms with Crippen LogP contribution in [0.1, 0.15) is 36.0 Å². The van der Waals surface area contributed by atoms with Crippen LogP contribution in [0.5, 0.6) is 0 Å². The highest BCUT2D eigenvalue weighted by molar-refractivity contribution is 6.06. The predicted molar refractivity (Wildman–Crippen MR) is 74.7 cm³/mol. The van der Waals surface area contributed by atoms with Crippen molar-refractivity contribution in [2.24, 2.45) is 0 Å². The van der Waals surface area contributed by atoms with Gasteiger partial charge in [0.05, 0.1) is 5.52 Å². The standard InChI is InChI=1S/C16H17NO/c1-2-3-4-5-11-15(18)14-10-6-8-13-9-7-12-17-16(13)14/h2,6-10,12H,1,3-5,11H2. The number of allylic oxidation sites excluding steroid dienone is 1. The minimum atomic E-state index is 0.184. The molecule has 0 fully saturated rings. The van der Waals surface area contributed by atoms with E-state index in [0.29, 0.717) is 6.42 Å². The summed E-state index contributed by atoms with van der Waals surface area (Å²) in [5.74, 6) is 0.184. The number of pyridine rings is 1.